The van der Waals surface area contributed by atoms with E-state index in [2.05, 4.69) is 0 Å². The molecule has 0 radical (unpaired) electrons. The van der Waals surface area contributed by atoms with Gasteiger partial charge in [0.25, 0.3) is 0 Å². The number of carbonyl (C=O) groups excluding carboxylic acids is 2. The lowest BCUT2D eigenvalue weighted by Crippen LogP contribution is -2.63. The zero-order valence-corrected chi connectivity index (χ0v) is 14.3. The summed E-state index contributed by atoms with van der Waals surface area (Å²) in [6, 6.07) is 0. The van der Waals surface area contributed by atoms with E-state index >= 15 is 0 Å². The Morgan fingerprint density at radius 1 is 1.36 bits per heavy atom. The monoisotopic (exact) mass is 313 g/mol. The number of aliphatic hydroxyl groups is 1. The number of carbonyl (C=O) groups is 2. The minimum absolute atomic E-state index is 0.168. The van der Waals surface area contributed by atoms with Crippen molar-refractivity contribution in [3.05, 3.63) is 12.2 Å². The molecular weight excluding hydrogens is 286 g/mol. The van der Waals surface area contributed by atoms with Gasteiger partial charge in [0.05, 0.1) is 12.7 Å². The lowest BCUT2D eigenvalue weighted by Gasteiger charge is -2.40. The largest absolute Gasteiger partial charge is 0.464 e. The molecule has 1 heterocycles. The first-order chi connectivity index (χ1) is 10.1. The highest BCUT2D eigenvalue weighted by molar-refractivity contribution is 5.90. The Bertz CT molecular complexity index is 452. The van der Waals surface area contributed by atoms with Crippen LogP contribution in [0, 0.1) is 5.92 Å². The number of hydrogen-bond donors (Lipinski definition) is 1. The highest BCUT2D eigenvalue weighted by Gasteiger charge is 2.55. The highest BCUT2D eigenvalue weighted by atomic mass is 16.6. The second-order valence-corrected chi connectivity index (χ2v) is 6.73. The van der Waals surface area contributed by atoms with Crippen LogP contribution in [0.1, 0.15) is 41.5 Å². The van der Waals surface area contributed by atoms with Crippen LogP contribution in [-0.2, 0) is 14.3 Å². The third-order valence-corrected chi connectivity index (χ3v) is 3.41. The van der Waals surface area contributed by atoms with Crippen LogP contribution in [0.25, 0.3) is 0 Å². The van der Waals surface area contributed by atoms with E-state index in [0.29, 0.717) is 0 Å². The molecule has 0 fully saturated rings. The van der Waals surface area contributed by atoms with Gasteiger partial charge >= 0.3 is 12.1 Å². The van der Waals surface area contributed by atoms with Crippen molar-refractivity contribution < 1.29 is 24.2 Å². The molecule has 0 aromatic heterocycles. The Hall–Kier alpha value is -1.56. The van der Waals surface area contributed by atoms with Crippen molar-refractivity contribution in [1.82, 2.24) is 4.90 Å². The van der Waals surface area contributed by atoms with Crippen LogP contribution < -0.4 is 0 Å². The van der Waals surface area contributed by atoms with Crippen molar-refractivity contribution in [3.63, 3.8) is 0 Å². The lowest BCUT2D eigenvalue weighted by atomic mass is 9.85. The molecule has 6 heteroatoms. The van der Waals surface area contributed by atoms with E-state index < -0.39 is 29.3 Å². The second kappa shape index (κ2) is 6.69. The molecule has 1 rings (SSSR count). The topological polar surface area (TPSA) is 76.1 Å². The van der Waals surface area contributed by atoms with Gasteiger partial charge < -0.3 is 14.6 Å². The summed E-state index contributed by atoms with van der Waals surface area (Å²) in [7, 11) is 0. The fourth-order valence-electron chi connectivity index (χ4n) is 2.43. The minimum atomic E-state index is -1.54. The molecule has 0 spiro atoms. The summed E-state index contributed by atoms with van der Waals surface area (Å²) in [5.41, 5.74) is -2.23. The smallest absolute Gasteiger partial charge is 0.411 e. The SMILES string of the molecule is CCOC(=O)[C@]1([C@H](O)C(C)C)C=CCN1C(=O)OC(C)(C)C. The molecule has 126 valence electrons. The first-order valence-electron chi connectivity index (χ1n) is 7.60. The Morgan fingerprint density at radius 2 is 1.95 bits per heavy atom. The summed E-state index contributed by atoms with van der Waals surface area (Å²) in [6.07, 6.45) is 1.48. The summed E-state index contributed by atoms with van der Waals surface area (Å²) < 4.78 is 10.5. The lowest BCUT2D eigenvalue weighted by molar-refractivity contribution is -0.161. The van der Waals surface area contributed by atoms with Crippen LogP contribution >= 0.6 is 0 Å². The van der Waals surface area contributed by atoms with Gasteiger partial charge in [0.2, 0.25) is 0 Å². The van der Waals surface area contributed by atoms with Gasteiger partial charge in [-0.3, -0.25) is 4.90 Å². The van der Waals surface area contributed by atoms with Crippen LogP contribution in [0.3, 0.4) is 0 Å². The van der Waals surface area contributed by atoms with E-state index in [9.17, 15) is 14.7 Å². The number of nitrogens with zero attached hydrogens (tertiary/aromatic N) is 1. The molecule has 1 amide bonds. The van der Waals surface area contributed by atoms with Crippen molar-refractivity contribution in [1.29, 1.82) is 0 Å². The maximum absolute atomic E-state index is 12.5. The highest BCUT2D eigenvalue weighted by Crippen LogP contribution is 2.33. The van der Waals surface area contributed by atoms with Crippen LogP contribution in [0.15, 0.2) is 12.2 Å². The fraction of sp³-hybridized carbons (Fsp3) is 0.750. The molecule has 0 saturated heterocycles. The Kier molecular flexibility index (Phi) is 5.62. The van der Waals surface area contributed by atoms with Gasteiger partial charge in [0.15, 0.2) is 5.54 Å². The number of aliphatic hydroxyl groups excluding tert-OH is 1. The number of rotatable bonds is 4. The van der Waals surface area contributed by atoms with E-state index in [4.69, 9.17) is 9.47 Å². The van der Waals surface area contributed by atoms with Gasteiger partial charge in [-0.05, 0) is 39.7 Å². The number of ether oxygens (including phenoxy) is 2. The normalized spacial score (nSPS) is 22.8. The molecule has 22 heavy (non-hydrogen) atoms. The summed E-state index contributed by atoms with van der Waals surface area (Å²) in [5.74, 6) is -0.882. The zero-order valence-electron chi connectivity index (χ0n) is 14.3. The Labute approximate surface area is 132 Å². The molecule has 6 nitrogen and oxygen atoms in total. The van der Waals surface area contributed by atoms with E-state index in [1.54, 1.807) is 53.7 Å². The second-order valence-electron chi connectivity index (χ2n) is 6.73. The van der Waals surface area contributed by atoms with Gasteiger partial charge in [0, 0.05) is 6.54 Å². The van der Waals surface area contributed by atoms with E-state index in [-0.39, 0.29) is 19.1 Å². The minimum Gasteiger partial charge on any atom is -0.464 e. The Morgan fingerprint density at radius 3 is 2.41 bits per heavy atom. The molecule has 1 aliphatic heterocycles. The van der Waals surface area contributed by atoms with E-state index in [1.807, 2.05) is 0 Å². The molecule has 2 atom stereocenters. The average Bonchev–Trinajstić information content (AvgIpc) is 2.81. The predicted octanol–water partition coefficient (Wildman–Crippen LogP) is 2.11. The first kappa shape index (κ1) is 18.5. The molecule has 0 aliphatic carbocycles. The van der Waals surface area contributed by atoms with Gasteiger partial charge in [0.1, 0.15) is 5.60 Å². The van der Waals surface area contributed by atoms with E-state index in [1.165, 1.54) is 4.90 Å². The zero-order chi connectivity index (χ0) is 17.1. The van der Waals surface area contributed by atoms with Crippen LogP contribution in [0.2, 0.25) is 0 Å². The molecule has 0 saturated carbocycles. The molecule has 1 N–H and O–H groups in total. The van der Waals surface area contributed by atoms with E-state index in [0.717, 1.165) is 0 Å². The molecular formula is C16H27NO5. The third-order valence-electron chi connectivity index (χ3n) is 3.41. The van der Waals surface area contributed by atoms with Crippen molar-refractivity contribution in [2.45, 2.75) is 58.8 Å². The number of amides is 1. The molecule has 0 unspecified atom stereocenters. The van der Waals surface area contributed by atoms with Crippen LogP contribution in [-0.4, -0.2) is 52.5 Å². The maximum atomic E-state index is 12.5. The molecule has 0 bridgehead atoms. The fourth-order valence-corrected chi connectivity index (χ4v) is 2.43. The quantitative estimate of drug-likeness (QED) is 0.635. The van der Waals surface area contributed by atoms with Crippen molar-refractivity contribution >= 4 is 12.1 Å². The van der Waals surface area contributed by atoms with Gasteiger partial charge in [-0.1, -0.05) is 19.9 Å². The molecule has 1 aliphatic rings. The van der Waals surface area contributed by atoms with Gasteiger partial charge in [-0.25, -0.2) is 9.59 Å². The first-order valence-corrected chi connectivity index (χ1v) is 7.60. The predicted molar refractivity (Wildman–Crippen MR) is 82.3 cm³/mol. The van der Waals surface area contributed by atoms with Crippen molar-refractivity contribution in [2.24, 2.45) is 5.92 Å². The summed E-state index contributed by atoms with van der Waals surface area (Å²) >= 11 is 0. The van der Waals surface area contributed by atoms with Gasteiger partial charge in [-0.15, -0.1) is 0 Å². The summed E-state index contributed by atoms with van der Waals surface area (Å²) in [6.45, 7) is 10.9. The van der Waals surface area contributed by atoms with Crippen LogP contribution in [0.4, 0.5) is 4.79 Å². The Balaban J connectivity index is 3.20. The standard InChI is InChI=1S/C16H27NO5/c1-7-21-13(19)16(12(18)11(2)3)9-8-10-17(16)14(20)22-15(4,5)6/h8-9,11-12,18H,7,10H2,1-6H3/t12-,16-/m1/s1. The summed E-state index contributed by atoms with van der Waals surface area (Å²) in [4.78, 5) is 26.2. The maximum Gasteiger partial charge on any atom is 0.411 e. The van der Waals surface area contributed by atoms with Gasteiger partial charge in [-0.2, -0.15) is 0 Å². The van der Waals surface area contributed by atoms with Crippen LogP contribution in [0.5, 0.6) is 0 Å². The number of esters is 1. The molecule has 0 aromatic rings. The molecule has 0 aromatic carbocycles. The third kappa shape index (κ3) is 3.61. The number of hydrogen-bond acceptors (Lipinski definition) is 5. The van der Waals surface area contributed by atoms with Crippen molar-refractivity contribution in [2.75, 3.05) is 13.2 Å². The average molecular weight is 313 g/mol. The summed E-state index contributed by atoms with van der Waals surface area (Å²) in [5, 5.41) is 10.6. The van der Waals surface area contributed by atoms with Crippen molar-refractivity contribution in [3.8, 4) is 0 Å².